The van der Waals surface area contributed by atoms with Crippen molar-refractivity contribution < 1.29 is 5.11 Å². The molecule has 0 aliphatic heterocycles. The molecular weight excluding hydrogens is 326 g/mol. The van der Waals surface area contributed by atoms with E-state index in [2.05, 4.69) is 43.0 Å². The normalized spacial score (nSPS) is 12.5. The highest BCUT2D eigenvalue weighted by molar-refractivity contribution is 9.10. The summed E-state index contributed by atoms with van der Waals surface area (Å²) in [7, 11) is 0. The molecule has 1 aromatic heterocycles. The van der Waals surface area contributed by atoms with Crippen molar-refractivity contribution in [2.24, 2.45) is 10.2 Å². The molecule has 1 N–H and O–H groups in total. The van der Waals surface area contributed by atoms with Gasteiger partial charge in [0.1, 0.15) is 5.75 Å². The van der Waals surface area contributed by atoms with Gasteiger partial charge >= 0.3 is 0 Å². The molecule has 0 atom stereocenters. The third-order valence-corrected chi connectivity index (χ3v) is 4.10. The van der Waals surface area contributed by atoms with Crippen molar-refractivity contribution in [3.63, 3.8) is 0 Å². The van der Waals surface area contributed by atoms with Crippen molar-refractivity contribution in [2.75, 3.05) is 0 Å². The summed E-state index contributed by atoms with van der Waals surface area (Å²) < 4.78 is 2.98. The van der Waals surface area contributed by atoms with Crippen LogP contribution in [0.3, 0.4) is 0 Å². The fourth-order valence-electron chi connectivity index (χ4n) is 1.65. The van der Waals surface area contributed by atoms with Gasteiger partial charge in [-0.05, 0) is 32.0 Å². The third-order valence-electron chi connectivity index (χ3n) is 2.64. The molecule has 2 aromatic rings. The zero-order valence-electron chi connectivity index (χ0n) is 10.7. The van der Waals surface area contributed by atoms with Gasteiger partial charge in [0, 0.05) is 27.7 Å². The first kappa shape index (κ1) is 14.0. The number of thiazole rings is 1. The van der Waals surface area contributed by atoms with Crippen LogP contribution in [0.25, 0.3) is 0 Å². The number of benzene rings is 1. The van der Waals surface area contributed by atoms with E-state index in [-0.39, 0.29) is 5.75 Å². The quantitative estimate of drug-likeness (QED) is 0.677. The molecule has 0 bridgehead atoms. The van der Waals surface area contributed by atoms with Gasteiger partial charge in [0.05, 0.1) is 6.21 Å². The predicted octanol–water partition coefficient (Wildman–Crippen LogP) is 3.28. The molecule has 0 aliphatic rings. The summed E-state index contributed by atoms with van der Waals surface area (Å²) in [5, 5.41) is 20.0. The van der Waals surface area contributed by atoms with Crippen molar-refractivity contribution in [1.82, 2.24) is 4.57 Å². The Morgan fingerprint density at radius 2 is 2.26 bits per heavy atom. The summed E-state index contributed by atoms with van der Waals surface area (Å²) in [5.41, 5.74) is 1.81. The van der Waals surface area contributed by atoms with Gasteiger partial charge < -0.3 is 9.67 Å². The number of nitrogens with zero attached hydrogens (tertiary/aromatic N) is 3. The first-order valence-corrected chi connectivity index (χ1v) is 7.49. The standard InChI is InChI=1S/C13H14BrN3OS/c1-3-17-9(2)8-19-13(17)16-15-7-10-6-11(14)4-5-12(10)18/h4-8,18H,3H2,1-2H3/b15-7+,16-13+. The van der Waals surface area contributed by atoms with Crippen molar-refractivity contribution in [3.05, 3.63) is 44.1 Å². The molecule has 1 aromatic carbocycles. The molecule has 4 nitrogen and oxygen atoms in total. The Labute approximate surface area is 123 Å². The van der Waals surface area contributed by atoms with Gasteiger partial charge in [0.15, 0.2) is 0 Å². The molecule has 19 heavy (non-hydrogen) atoms. The molecule has 0 saturated carbocycles. The zero-order valence-corrected chi connectivity index (χ0v) is 13.1. The topological polar surface area (TPSA) is 49.9 Å². The lowest BCUT2D eigenvalue weighted by Gasteiger charge is -1.99. The van der Waals surface area contributed by atoms with E-state index in [1.807, 2.05) is 6.92 Å². The summed E-state index contributed by atoms with van der Waals surface area (Å²) in [6.07, 6.45) is 1.55. The van der Waals surface area contributed by atoms with E-state index in [0.717, 1.165) is 15.8 Å². The van der Waals surface area contributed by atoms with Gasteiger partial charge in [0.25, 0.3) is 0 Å². The molecule has 0 amide bonds. The van der Waals surface area contributed by atoms with Crippen LogP contribution >= 0.6 is 27.3 Å². The second kappa shape index (κ2) is 6.16. The van der Waals surface area contributed by atoms with Crippen LogP contribution in [0.1, 0.15) is 18.2 Å². The number of halogens is 1. The largest absolute Gasteiger partial charge is 0.507 e. The van der Waals surface area contributed by atoms with E-state index in [1.165, 1.54) is 5.69 Å². The van der Waals surface area contributed by atoms with E-state index in [0.29, 0.717) is 5.56 Å². The Morgan fingerprint density at radius 3 is 3.00 bits per heavy atom. The Bertz CT molecular complexity index is 673. The first-order valence-electron chi connectivity index (χ1n) is 5.82. The van der Waals surface area contributed by atoms with Crippen molar-refractivity contribution in [1.29, 1.82) is 0 Å². The molecule has 1 heterocycles. The second-order valence-corrected chi connectivity index (χ2v) is 5.70. The van der Waals surface area contributed by atoms with Gasteiger partial charge in [-0.2, -0.15) is 5.10 Å². The highest BCUT2D eigenvalue weighted by Crippen LogP contribution is 2.19. The number of aromatic nitrogens is 1. The minimum absolute atomic E-state index is 0.188. The molecule has 2 rings (SSSR count). The summed E-state index contributed by atoms with van der Waals surface area (Å²) >= 11 is 4.91. The van der Waals surface area contributed by atoms with E-state index in [9.17, 15) is 5.11 Å². The average Bonchev–Trinajstić information content (AvgIpc) is 2.74. The monoisotopic (exact) mass is 339 g/mol. The lowest BCUT2D eigenvalue weighted by Crippen LogP contribution is -2.14. The summed E-state index contributed by atoms with van der Waals surface area (Å²) in [4.78, 5) is 0.853. The number of aryl methyl sites for hydroxylation is 1. The van der Waals surface area contributed by atoms with Gasteiger partial charge in [0.2, 0.25) is 4.80 Å². The molecule has 6 heteroatoms. The number of hydrogen-bond donors (Lipinski definition) is 1. The average molecular weight is 340 g/mol. The maximum absolute atomic E-state index is 9.68. The minimum Gasteiger partial charge on any atom is -0.507 e. The lowest BCUT2D eigenvalue weighted by atomic mass is 10.2. The third kappa shape index (κ3) is 3.33. The van der Waals surface area contributed by atoms with E-state index < -0.39 is 0 Å². The van der Waals surface area contributed by atoms with Crippen molar-refractivity contribution >= 4 is 33.5 Å². The van der Waals surface area contributed by atoms with Gasteiger partial charge in [-0.15, -0.1) is 16.4 Å². The number of aromatic hydroxyl groups is 1. The van der Waals surface area contributed by atoms with Crippen LogP contribution in [-0.2, 0) is 6.54 Å². The smallest absolute Gasteiger partial charge is 0.210 e. The number of phenolic OH excluding ortho intramolecular Hbond substituents is 1. The lowest BCUT2D eigenvalue weighted by molar-refractivity contribution is 0.474. The fourth-order valence-corrected chi connectivity index (χ4v) is 2.92. The fraction of sp³-hybridized carbons (Fsp3) is 0.231. The van der Waals surface area contributed by atoms with Gasteiger partial charge in [-0.3, -0.25) is 0 Å². The van der Waals surface area contributed by atoms with Gasteiger partial charge in [-0.25, -0.2) is 0 Å². The summed E-state index contributed by atoms with van der Waals surface area (Å²) in [5.74, 6) is 0.188. The predicted molar refractivity (Wildman–Crippen MR) is 81.7 cm³/mol. The molecule has 0 spiro atoms. The van der Waals surface area contributed by atoms with Crippen molar-refractivity contribution in [3.8, 4) is 5.75 Å². The Kier molecular flexibility index (Phi) is 4.55. The van der Waals surface area contributed by atoms with Crippen LogP contribution in [0, 0.1) is 6.92 Å². The maximum atomic E-state index is 9.68. The SMILES string of the molecule is CCn1c(C)cs/c1=N/N=C/c1cc(Br)ccc1O. The molecule has 0 aliphatic carbocycles. The second-order valence-electron chi connectivity index (χ2n) is 3.95. The minimum atomic E-state index is 0.188. The van der Waals surface area contributed by atoms with Crippen LogP contribution < -0.4 is 4.80 Å². The Morgan fingerprint density at radius 1 is 1.47 bits per heavy atom. The van der Waals surface area contributed by atoms with E-state index in [4.69, 9.17) is 0 Å². The highest BCUT2D eigenvalue weighted by Gasteiger charge is 1.99. The number of phenols is 1. The van der Waals surface area contributed by atoms with Crippen LogP contribution in [-0.4, -0.2) is 15.9 Å². The van der Waals surface area contributed by atoms with Crippen LogP contribution in [0.5, 0.6) is 5.75 Å². The molecule has 0 radical (unpaired) electrons. The number of hydrogen-bond acceptors (Lipinski definition) is 4. The molecule has 0 fully saturated rings. The summed E-state index contributed by atoms with van der Waals surface area (Å²) in [6, 6.07) is 5.19. The summed E-state index contributed by atoms with van der Waals surface area (Å²) in [6.45, 7) is 4.98. The Hall–Kier alpha value is -1.40. The van der Waals surface area contributed by atoms with Gasteiger partial charge in [-0.1, -0.05) is 15.9 Å². The molecular formula is C13H14BrN3OS. The molecule has 0 unspecified atom stereocenters. The molecule has 100 valence electrons. The van der Waals surface area contributed by atoms with Crippen LogP contribution in [0.15, 0.2) is 38.3 Å². The Balaban J connectivity index is 2.30. The molecule has 0 saturated heterocycles. The maximum Gasteiger partial charge on any atom is 0.210 e. The first-order chi connectivity index (χ1) is 9.11. The van der Waals surface area contributed by atoms with Crippen LogP contribution in [0.2, 0.25) is 0 Å². The van der Waals surface area contributed by atoms with E-state index >= 15 is 0 Å². The van der Waals surface area contributed by atoms with Crippen LogP contribution in [0.4, 0.5) is 0 Å². The van der Waals surface area contributed by atoms with Crippen molar-refractivity contribution in [2.45, 2.75) is 20.4 Å². The number of rotatable bonds is 3. The zero-order chi connectivity index (χ0) is 13.8. The van der Waals surface area contributed by atoms with E-state index in [1.54, 1.807) is 35.8 Å². The highest BCUT2D eigenvalue weighted by atomic mass is 79.9.